The Morgan fingerprint density at radius 1 is 0.867 bits per heavy atom. The van der Waals surface area contributed by atoms with Crippen molar-refractivity contribution >= 4 is 41.4 Å². The fraction of sp³-hybridized carbons (Fsp3) is 0.722. The molecule has 0 heterocycles. The van der Waals surface area contributed by atoms with E-state index in [0.717, 1.165) is 0 Å². The van der Waals surface area contributed by atoms with E-state index in [2.05, 4.69) is 16.0 Å². The number of hydrogen-bond acceptors (Lipinski definition) is 7. The number of nitrogens with two attached hydrogens (primary N) is 1. The summed E-state index contributed by atoms with van der Waals surface area (Å²) in [6.07, 6.45) is 1.44. The van der Waals surface area contributed by atoms with Crippen molar-refractivity contribution in [3.05, 3.63) is 0 Å². The topological polar surface area (TPSA) is 188 Å². The maximum atomic E-state index is 12.5. The van der Waals surface area contributed by atoms with Gasteiger partial charge in [0.2, 0.25) is 17.7 Å². The van der Waals surface area contributed by atoms with Gasteiger partial charge in [-0.3, -0.25) is 19.2 Å². The summed E-state index contributed by atoms with van der Waals surface area (Å²) in [5, 5.41) is 25.2. The van der Waals surface area contributed by atoms with Crippen molar-refractivity contribution in [2.24, 2.45) is 11.7 Å². The van der Waals surface area contributed by atoms with Gasteiger partial charge in [-0.05, 0) is 37.7 Å². The number of hydrogen-bond donors (Lipinski definition) is 6. The van der Waals surface area contributed by atoms with Crippen LogP contribution in [0.5, 0.6) is 0 Å². The largest absolute Gasteiger partial charge is 0.481 e. The Kier molecular flexibility index (Phi) is 12.7. The number of carbonyl (C=O) groups excluding carboxylic acids is 3. The molecule has 0 aromatic carbocycles. The van der Waals surface area contributed by atoms with E-state index in [1.807, 2.05) is 0 Å². The van der Waals surface area contributed by atoms with E-state index in [9.17, 15) is 29.1 Å². The van der Waals surface area contributed by atoms with Gasteiger partial charge in [0.25, 0.3) is 0 Å². The number of carboxylic acids is 2. The Hall–Kier alpha value is -2.34. The molecule has 0 fully saturated rings. The van der Waals surface area contributed by atoms with E-state index in [4.69, 9.17) is 10.8 Å². The summed E-state index contributed by atoms with van der Waals surface area (Å²) in [6, 6.07) is -4.30. The molecular weight excluding hydrogens is 416 g/mol. The zero-order valence-electron chi connectivity index (χ0n) is 17.6. The van der Waals surface area contributed by atoms with Crippen LogP contribution in [-0.4, -0.2) is 76.0 Å². The van der Waals surface area contributed by atoms with Crippen molar-refractivity contribution in [3.63, 3.8) is 0 Å². The first-order valence-electron chi connectivity index (χ1n) is 9.50. The van der Waals surface area contributed by atoms with Crippen LogP contribution in [0.15, 0.2) is 0 Å². The minimum absolute atomic E-state index is 0.197. The molecular formula is C18H32N4O7S. The molecule has 0 aromatic heterocycles. The molecule has 11 nitrogen and oxygen atoms in total. The molecule has 0 radical (unpaired) electrons. The molecule has 0 aliphatic rings. The first-order chi connectivity index (χ1) is 13.9. The predicted molar refractivity (Wildman–Crippen MR) is 112 cm³/mol. The van der Waals surface area contributed by atoms with Crippen molar-refractivity contribution in [1.29, 1.82) is 0 Å². The molecule has 0 spiro atoms. The van der Waals surface area contributed by atoms with E-state index in [1.54, 1.807) is 20.1 Å². The van der Waals surface area contributed by atoms with Gasteiger partial charge in [-0.15, -0.1) is 0 Å². The molecule has 3 amide bonds. The van der Waals surface area contributed by atoms with Crippen LogP contribution in [-0.2, 0) is 24.0 Å². The van der Waals surface area contributed by atoms with Crippen LogP contribution >= 0.6 is 11.8 Å². The van der Waals surface area contributed by atoms with Crippen LogP contribution in [0.4, 0.5) is 0 Å². The molecule has 0 rings (SSSR count). The summed E-state index contributed by atoms with van der Waals surface area (Å²) in [5.74, 6) is -4.11. The lowest BCUT2D eigenvalue weighted by atomic mass is 10.0. The second-order valence-corrected chi connectivity index (χ2v) is 8.16. The molecule has 0 aliphatic heterocycles. The highest BCUT2D eigenvalue weighted by Crippen LogP contribution is 2.04. The molecule has 0 aromatic rings. The molecule has 30 heavy (non-hydrogen) atoms. The zero-order chi connectivity index (χ0) is 23.4. The van der Waals surface area contributed by atoms with E-state index in [-0.39, 0.29) is 25.2 Å². The quantitative estimate of drug-likeness (QED) is 0.197. The zero-order valence-corrected chi connectivity index (χ0v) is 18.5. The first-order valence-corrected chi connectivity index (χ1v) is 10.9. The van der Waals surface area contributed by atoms with Crippen LogP contribution in [0.2, 0.25) is 0 Å². The van der Waals surface area contributed by atoms with Gasteiger partial charge in [0.05, 0.1) is 6.04 Å². The molecule has 172 valence electrons. The van der Waals surface area contributed by atoms with Crippen LogP contribution in [0.3, 0.4) is 0 Å². The van der Waals surface area contributed by atoms with Gasteiger partial charge in [0, 0.05) is 6.42 Å². The Morgan fingerprint density at radius 3 is 1.90 bits per heavy atom. The summed E-state index contributed by atoms with van der Waals surface area (Å²) < 4.78 is 0. The van der Waals surface area contributed by atoms with Gasteiger partial charge in [-0.2, -0.15) is 11.8 Å². The van der Waals surface area contributed by atoms with Gasteiger partial charge >= 0.3 is 11.9 Å². The van der Waals surface area contributed by atoms with E-state index in [0.29, 0.717) is 5.75 Å². The molecule has 12 heteroatoms. The number of thioether (sulfide) groups is 1. The van der Waals surface area contributed by atoms with Crippen molar-refractivity contribution < 1.29 is 34.2 Å². The number of aliphatic carboxylic acids is 2. The minimum Gasteiger partial charge on any atom is -0.481 e. The molecule has 0 bridgehead atoms. The van der Waals surface area contributed by atoms with Crippen molar-refractivity contribution in [2.45, 2.75) is 64.2 Å². The van der Waals surface area contributed by atoms with Crippen molar-refractivity contribution in [3.8, 4) is 0 Å². The number of amides is 3. The summed E-state index contributed by atoms with van der Waals surface area (Å²) >= 11 is 1.43. The van der Waals surface area contributed by atoms with Crippen LogP contribution in [0.25, 0.3) is 0 Å². The van der Waals surface area contributed by atoms with Gasteiger partial charge in [0.1, 0.15) is 18.1 Å². The molecule has 4 atom stereocenters. The molecule has 0 saturated heterocycles. The Bertz CT molecular complexity index is 630. The Balaban J connectivity index is 5.08. The SMILES string of the molecule is CSCCC(NC(=O)C(C)NC(=O)C(CCC(=O)O)NC(=O)C(N)C(C)C)C(=O)O. The highest BCUT2D eigenvalue weighted by molar-refractivity contribution is 7.98. The monoisotopic (exact) mass is 448 g/mol. The fourth-order valence-electron chi connectivity index (χ4n) is 2.28. The second-order valence-electron chi connectivity index (χ2n) is 7.17. The summed E-state index contributed by atoms with van der Waals surface area (Å²) in [6.45, 7) is 4.80. The smallest absolute Gasteiger partial charge is 0.326 e. The lowest BCUT2D eigenvalue weighted by Crippen LogP contribution is -2.56. The van der Waals surface area contributed by atoms with Crippen molar-refractivity contribution in [1.82, 2.24) is 16.0 Å². The Morgan fingerprint density at radius 2 is 1.43 bits per heavy atom. The molecule has 0 aliphatic carbocycles. The predicted octanol–water partition coefficient (Wildman–Crippen LogP) is -0.853. The lowest BCUT2D eigenvalue weighted by molar-refractivity contribution is -0.142. The van der Waals surface area contributed by atoms with Crippen molar-refractivity contribution in [2.75, 3.05) is 12.0 Å². The molecule has 4 unspecified atom stereocenters. The number of carbonyl (C=O) groups is 5. The van der Waals surface area contributed by atoms with Gasteiger partial charge < -0.3 is 31.9 Å². The number of rotatable bonds is 14. The average molecular weight is 449 g/mol. The average Bonchev–Trinajstić information content (AvgIpc) is 2.66. The standard InChI is InChI=1S/C18H32N4O7S/c1-9(2)14(19)17(27)21-11(5-6-13(23)24)16(26)20-10(3)15(25)22-12(18(28)29)7-8-30-4/h9-12,14H,5-8,19H2,1-4H3,(H,20,26)(H,21,27)(H,22,25)(H,23,24)(H,28,29). The van der Waals surface area contributed by atoms with Gasteiger partial charge in [-0.1, -0.05) is 13.8 Å². The fourth-order valence-corrected chi connectivity index (χ4v) is 2.75. The third kappa shape index (κ3) is 10.4. The summed E-state index contributed by atoms with van der Waals surface area (Å²) in [5.41, 5.74) is 5.76. The van der Waals surface area contributed by atoms with E-state index in [1.165, 1.54) is 18.7 Å². The number of carboxylic acid groups (broad SMARTS) is 2. The first kappa shape index (κ1) is 27.7. The maximum absolute atomic E-state index is 12.5. The van der Waals surface area contributed by atoms with Gasteiger partial charge in [-0.25, -0.2) is 4.79 Å². The van der Waals surface area contributed by atoms with E-state index < -0.39 is 53.8 Å². The molecule has 7 N–H and O–H groups in total. The third-order valence-corrected chi connectivity index (χ3v) is 4.92. The number of nitrogens with one attached hydrogen (secondary N) is 3. The third-order valence-electron chi connectivity index (χ3n) is 4.28. The highest BCUT2D eigenvalue weighted by Gasteiger charge is 2.29. The maximum Gasteiger partial charge on any atom is 0.326 e. The molecule has 0 saturated carbocycles. The minimum atomic E-state index is -1.21. The van der Waals surface area contributed by atoms with Gasteiger partial charge in [0.15, 0.2) is 0 Å². The van der Waals surface area contributed by atoms with E-state index >= 15 is 0 Å². The van der Waals surface area contributed by atoms with Crippen LogP contribution in [0.1, 0.15) is 40.0 Å². The van der Waals surface area contributed by atoms with Crippen LogP contribution < -0.4 is 21.7 Å². The second kappa shape index (κ2) is 13.8. The summed E-state index contributed by atoms with van der Waals surface area (Å²) in [4.78, 5) is 59.1. The normalized spacial score (nSPS) is 14.9. The highest BCUT2D eigenvalue weighted by atomic mass is 32.2. The summed E-state index contributed by atoms with van der Waals surface area (Å²) in [7, 11) is 0. The lowest BCUT2D eigenvalue weighted by Gasteiger charge is -2.24. The Labute approximate surface area is 179 Å². The van der Waals surface area contributed by atoms with Crippen LogP contribution in [0, 0.1) is 5.92 Å².